The number of hydrogen-bond donors (Lipinski definition) is 1. The van der Waals surface area contributed by atoms with Gasteiger partial charge in [0.25, 0.3) is 0 Å². The molecule has 0 aliphatic carbocycles. The number of carboxylic acid groups (broad SMARTS) is 1. The average molecular weight is 336 g/mol. The van der Waals surface area contributed by atoms with Crippen LogP contribution in [0.3, 0.4) is 0 Å². The van der Waals surface area contributed by atoms with Crippen LogP contribution in [-0.4, -0.2) is 67.2 Å². The molecule has 1 amide bonds. The van der Waals surface area contributed by atoms with Crippen molar-refractivity contribution in [2.24, 2.45) is 0 Å². The molecule has 1 aromatic carbocycles. The lowest BCUT2D eigenvalue weighted by molar-refractivity contribution is -0.143. The number of nitrogens with zero attached hydrogens (tertiary/aromatic N) is 2. The maximum absolute atomic E-state index is 12.0. The number of benzene rings is 1. The molecule has 2 rings (SSSR count). The van der Waals surface area contributed by atoms with Crippen molar-refractivity contribution in [1.29, 1.82) is 0 Å². The summed E-state index contributed by atoms with van der Waals surface area (Å²) in [6.07, 6.45) is 0.732. The van der Waals surface area contributed by atoms with Crippen molar-refractivity contribution >= 4 is 11.9 Å². The van der Waals surface area contributed by atoms with Gasteiger partial charge in [0.2, 0.25) is 5.91 Å². The van der Waals surface area contributed by atoms with E-state index in [-0.39, 0.29) is 5.91 Å². The number of carbonyl (C=O) groups is 2. The molecule has 1 unspecified atom stereocenters. The highest BCUT2D eigenvalue weighted by Gasteiger charge is 2.32. The van der Waals surface area contributed by atoms with Crippen LogP contribution < -0.4 is 9.47 Å². The summed E-state index contributed by atoms with van der Waals surface area (Å²) in [6.45, 7) is 3.80. The Kier molecular flexibility index (Phi) is 6.03. The second kappa shape index (κ2) is 8.01. The fraction of sp³-hybridized carbons (Fsp3) is 0.529. The van der Waals surface area contributed by atoms with E-state index < -0.39 is 12.0 Å². The lowest BCUT2D eigenvalue weighted by atomic mass is 10.0. The van der Waals surface area contributed by atoms with Gasteiger partial charge >= 0.3 is 5.97 Å². The molecule has 0 bridgehead atoms. The van der Waals surface area contributed by atoms with Crippen LogP contribution in [0.1, 0.15) is 24.9 Å². The molecule has 0 spiro atoms. The number of methoxy groups -OCH3 is 2. The lowest BCUT2D eigenvalue weighted by Gasteiger charge is -2.29. The van der Waals surface area contributed by atoms with E-state index in [2.05, 4.69) is 0 Å². The molecule has 24 heavy (non-hydrogen) atoms. The Hall–Kier alpha value is -2.28. The predicted molar refractivity (Wildman–Crippen MR) is 88.4 cm³/mol. The van der Waals surface area contributed by atoms with Gasteiger partial charge in [-0.15, -0.1) is 0 Å². The highest BCUT2D eigenvalue weighted by atomic mass is 16.5. The van der Waals surface area contributed by atoms with Crippen molar-refractivity contribution in [1.82, 2.24) is 9.80 Å². The number of carboxylic acids is 1. The standard InChI is InChI=1S/C17H24N2O5/c1-12(20)18-8-5-9-19(11-10-18)15(17(21)22)13-6-4-7-14(23-2)16(13)24-3/h4,6-7,15H,5,8-11H2,1-3H3,(H,21,22). The van der Waals surface area contributed by atoms with Gasteiger partial charge in [0, 0.05) is 38.7 Å². The Morgan fingerprint density at radius 3 is 2.46 bits per heavy atom. The van der Waals surface area contributed by atoms with E-state index in [9.17, 15) is 14.7 Å². The lowest BCUT2D eigenvalue weighted by Crippen LogP contribution is -2.38. The number of ether oxygens (including phenoxy) is 2. The van der Waals surface area contributed by atoms with Gasteiger partial charge in [-0.2, -0.15) is 0 Å². The second-order valence-corrected chi connectivity index (χ2v) is 5.72. The maximum Gasteiger partial charge on any atom is 0.325 e. The summed E-state index contributed by atoms with van der Waals surface area (Å²) in [5.74, 6) is 0.00187. The minimum atomic E-state index is -0.946. The van der Waals surface area contributed by atoms with Crippen LogP contribution in [0, 0.1) is 0 Å². The number of para-hydroxylation sites is 1. The first-order valence-corrected chi connectivity index (χ1v) is 7.92. The van der Waals surface area contributed by atoms with Crippen molar-refractivity contribution in [2.45, 2.75) is 19.4 Å². The third-order valence-corrected chi connectivity index (χ3v) is 4.30. The summed E-state index contributed by atoms with van der Waals surface area (Å²) in [5.41, 5.74) is 0.556. The Morgan fingerprint density at radius 1 is 1.12 bits per heavy atom. The van der Waals surface area contributed by atoms with Crippen molar-refractivity contribution in [2.75, 3.05) is 40.4 Å². The molecule has 132 valence electrons. The summed E-state index contributed by atoms with van der Waals surface area (Å²) >= 11 is 0. The van der Waals surface area contributed by atoms with Crippen LogP contribution >= 0.6 is 0 Å². The van der Waals surface area contributed by atoms with Crippen molar-refractivity contribution in [3.05, 3.63) is 23.8 Å². The molecule has 0 radical (unpaired) electrons. The molecule has 1 aliphatic heterocycles. The molecule has 0 saturated carbocycles. The molecule has 1 fully saturated rings. The van der Waals surface area contributed by atoms with E-state index in [1.165, 1.54) is 21.1 Å². The minimum Gasteiger partial charge on any atom is -0.493 e. The second-order valence-electron chi connectivity index (χ2n) is 5.72. The van der Waals surface area contributed by atoms with Gasteiger partial charge in [0.15, 0.2) is 11.5 Å². The summed E-state index contributed by atoms with van der Waals surface area (Å²) in [6, 6.07) is 4.39. The molecule has 1 atom stereocenters. The van der Waals surface area contributed by atoms with Crippen molar-refractivity contribution < 1.29 is 24.2 Å². The molecule has 1 heterocycles. The summed E-state index contributed by atoms with van der Waals surface area (Å²) in [4.78, 5) is 27.2. The first kappa shape index (κ1) is 18.1. The quantitative estimate of drug-likeness (QED) is 0.875. The van der Waals surface area contributed by atoms with Gasteiger partial charge in [-0.05, 0) is 12.5 Å². The zero-order valence-electron chi connectivity index (χ0n) is 14.3. The van der Waals surface area contributed by atoms with Crippen molar-refractivity contribution in [3.8, 4) is 11.5 Å². The van der Waals surface area contributed by atoms with Crippen LogP contribution in [-0.2, 0) is 9.59 Å². The van der Waals surface area contributed by atoms with Gasteiger partial charge in [0.05, 0.1) is 14.2 Å². The average Bonchev–Trinajstić information content (AvgIpc) is 2.80. The van der Waals surface area contributed by atoms with E-state index in [4.69, 9.17) is 9.47 Å². The Bertz CT molecular complexity index is 605. The monoisotopic (exact) mass is 336 g/mol. The molecule has 7 heteroatoms. The molecule has 0 aromatic heterocycles. The SMILES string of the molecule is COc1cccc(C(C(=O)O)N2CCCN(C(C)=O)CC2)c1OC. The number of amides is 1. The van der Waals surface area contributed by atoms with Gasteiger partial charge in [0.1, 0.15) is 6.04 Å². The van der Waals surface area contributed by atoms with E-state index in [0.29, 0.717) is 43.2 Å². The van der Waals surface area contributed by atoms with Gasteiger partial charge in [-0.3, -0.25) is 14.5 Å². The smallest absolute Gasteiger partial charge is 0.325 e. The molecule has 1 saturated heterocycles. The van der Waals surface area contributed by atoms with E-state index >= 15 is 0 Å². The normalized spacial score (nSPS) is 17.0. The summed E-state index contributed by atoms with van der Waals surface area (Å²) in [7, 11) is 3.02. The number of hydrogen-bond acceptors (Lipinski definition) is 5. The van der Waals surface area contributed by atoms with E-state index in [0.717, 1.165) is 6.42 Å². The predicted octanol–water partition coefficient (Wildman–Crippen LogP) is 1.38. The van der Waals surface area contributed by atoms with Crippen LogP contribution in [0.25, 0.3) is 0 Å². The number of carbonyl (C=O) groups excluding carboxylic acids is 1. The minimum absolute atomic E-state index is 0.0164. The van der Waals surface area contributed by atoms with E-state index in [1.807, 2.05) is 4.90 Å². The third-order valence-electron chi connectivity index (χ3n) is 4.30. The van der Waals surface area contributed by atoms with Crippen LogP contribution in [0.5, 0.6) is 11.5 Å². The molecule has 1 aliphatic rings. The number of rotatable bonds is 5. The Labute approximate surface area is 141 Å². The van der Waals surface area contributed by atoms with Crippen LogP contribution in [0.4, 0.5) is 0 Å². The zero-order chi connectivity index (χ0) is 17.7. The highest BCUT2D eigenvalue weighted by Crippen LogP contribution is 2.37. The first-order chi connectivity index (χ1) is 11.5. The Balaban J connectivity index is 2.34. The van der Waals surface area contributed by atoms with E-state index in [1.54, 1.807) is 23.1 Å². The third kappa shape index (κ3) is 3.79. The molecular formula is C17H24N2O5. The summed E-state index contributed by atoms with van der Waals surface area (Å²) < 4.78 is 10.7. The first-order valence-electron chi connectivity index (χ1n) is 7.92. The van der Waals surface area contributed by atoms with Crippen LogP contribution in [0.15, 0.2) is 18.2 Å². The highest BCUT2D eigenvalue weighted by molar-refractivity contribution is 5.77. The van der Waals surface area contributed by atoms with Gasteiger partial charge in [-0.25, -0.2) is 0 Å². The largest absolute Gasteiger partial charge is 0.493 e. The van der Waals surface area contributed by atoms with Gasteiger partial charge < -0.3 is 19.5 Å². The fourth-order valence-electron chi connectivity index (χ4n) is 3.12. The Morgan fingerprint density at radius 2 is 1.88 bits per heavy atom. The fourth-order valence-corrected chi connectivity index (χ4v) is 3.12. The molecular weight excluding hydrogens is 312 g/mol. The van der Waals surface area contributed by atoms with Crippen LogP contribution in [0.2, 0.25) is 0 Å². The summed E-state index contributed by atoms with van der Waals surface area (Å²) in [5, 5.41) is 9.81. The van der Waals surface area contributed by atoms with Gasteiger partial charge in [-0.1, -0.05) is 12.1 Å². The number of aliphatic carboxylic acids is 1. The maximum atomic E-state index is 12.0. The van der Waals surface area contributed by atoms with Crippen molar-refractivity contribution in [3.63, 3.8) is 0 Å². The zero-order valence-corrected chi connectivity index (χ0v) is 14.3. The topological polar surface area (TPSA) is 79.3 Å². The molecule has 1 aromatic rings. The molecule has 7 nitrogen and oxygen atoms in total. The molecule has 1 N–H and O–H groups in total.